The molecule has 37 heavy (non-hydrogen) atoms. The maximum absolute atomic E-state index is 12.7. The van der Waals surface area contributed by atoms with E-state index in [9.17, 15) is 19.7 Å². The molecule has 1 aromatic heterocycles. The molecule has 1 N–H and O–H groups in total. The molecule has 1 aliphatic heterocycles. The number of nitro benzene ring substituents is 1. The zero-order valence-electron chi connectivity index (χ0n) is 19.5. The third kappa shape index (κ3) is 4.72. The Bertz CT molecular complexity index is 1660. The number of hydrogen-bond donors (Lipinski definition) is 1. The highest BCUT2D eigenvalue weighted by Crippen LogP contribution is 2.39. The van der Waals surface area contributed by atoms with Gasteiger partial charge in [0.1, 0.15) is 6.61 Å². The summed E-state index contributed by atoms with van der Waals surface area (Å²) < 4.78 is 22.7. The fourth-order valence-electron chi connectivity index (χ4n) is 3.79. The molecule has 0 bridgehead atoms. The van der Waals surface area contributed by atoms with Crippen LogP contribution < -0.4 is 30.2 Å². The largest absolute Gasteiger partial charge is 0.490 e. The van der Waals surface area contributed by atoms with E-state index in [1.807, 2.05) is 0 Å². The molecular weight excluding hydrogens is 484 g/mol. The lowest BCUT2D eigenvalue weighted by atomic mass is 10.1. The Labute approximate surface area is 208 Å². The van der Waals surface area contributed by atoms with Crippen LogP contribution in [0.3, 0.4) is 0 Å². The van der Waals surface area contributed by atoms with Gasteiger partial charge in [-0.05, 0) is 42.8 Å². The predicted molar refractivity (Wildman–Crippen MR) is 133 cm³/mol. The minimum atomic E-state index is -0.747. The maximum atomic E-state index is 12.7. The van der Waals surface area contributed by atoms with Gasteiger partial charge in [0, 0.05) is 11.6 Å². The number of aromatic amines is 1. The SMILES string of the molecule is CCOc1cc(C=Nn2c(=O)[nH]c3ccccc3c2=O)cc([N+](=O)[O-])c1OCc1ccc2c(c1)OCO2. The Morgan fingerprint density at radius 3 is 2.73 bits per heavy atom. The minimum Gasteiger partial charge on any atom is -0.490 e. The van der Waals surface area contributed by atoms with E-state index >= 15 is 0 Å². The maximum Gasteiger partial charge on any atom is 0.349 e. The van der Waals surface area contributed by atoms with Crippen molar-refractivity contribution in [1.29, 1.82) is 0 Å². The van der Waals surface area contributed by atoms with Gasteiger partial charge in [-0.25, -0.2) is 4.79 Å². The molecule has 0 saturated heterocycles. The van der Waals surface area contributed by atoms with Crippen LogP contribution in [-0.2, 0) is 6.61 Å². The summed E-state index contributed by atoms with van der Waals surface area (Å²) in [4.78, 5) is 39.0. The number of nitro groups is 1. The van der Waals surface area contributed by atoms with Crippen LogP contribution in [0.2, 0.25) is 0 Å². The van der Waals surface area contributed by atoms with Crippen LogP contribution in [0, 0.1) is 10.1 Å². The van der Waals surface area contributed by atoms with Crippen molar-refractivity contribution in [3.8, 4) is 23.0 Å². The second kappa shape index (κ2) is 9.85. The Morgan fingerprint density at radius 1 is 1.11 bits per heavy atom. The Balaban J connectivity index is 1.49. The van der Waals surface area contributed by atoms with Gasteiger partial charge in [0.15, 0.2) is 17.2 Å². The molecule has 0 spiro atoms. The molecule has 4 aromatic rings. The third-order valence-electron chi connectivity index (χ3n) is 5.48. The van der Waals surface area contributed by atoms with Crippen molar-refractivity contribution in [1.82, 2.24) is 9.66 Å². The molecule has 0 radical (unpaired) electrons. The van der Waals surface area contributed by atoms with Gasteiger partial charge in [0.25, 0.3) is 5.56 Å². The fourth-order valence-corrected chi connectivity index (χ4v) is 3.79. The first-order valence-corrected chi connectivity index (χ1v) is 11.2. The van der Waals surface area contributed by atoms with Gasteiger partial charge in [0.2, 0.25) is 12.5 Å². The first-order chi connectivity index (χ1) is 17.9. The summed E-state index contributed by atoms with van der Waals surface area (Å²) in [5.74, 6) is 1.21. The molecule has 0 atom stereocenters. The molecule has 1 aliphatic rings. The molecule has 12 heteroatoms. The summed E-state index contributed by atoms with van der Waals surface area (Å²) in [5.41, 5.74) is -0.427. The quantitative estimate of drug-likeness (QED) is 0.219. The van der Waals surface area contributed by atoms with Crippen LogP contribution in [0.15, 0.2) is 69.3 Å². The van der Waals surface area contributed by atoms with Crippen molar-refractivity contribution in [3.05, 3.63) is 96.7 Å². The van der Waals surface area contributed by atoms with Crippen molar-refractivity contribution in [2.24, 2.45) is 5.10 Å². The molecule has 0 unspecified atom stereocenters. The van der Waals surface area contributed by atoms with Crippen LogP contribution in [-0.4, -0.2) is 34.2 Å². The lowest BCUT2D eigenvalue weighted by Crippen LogP contribution is -2.32. The van der Waals surface area contributed by atoms with E-state index < -0.39 is 16.2 Å². The molecule has 0 fully saturated rings. The van der Waals surface area contributed by atoms with Crippen molar-refractivity contribution in [2.75, 3.05) is 13.4 Å². The van der Waals surface area contributed by atoms with Gasteiger partial charge in [-0.3, -0.25) is 14.9 Å². The third-order valence-corrected chi connectivity index (χ3v) is 5.48. The zero-order chi connectivity index (χ0) is 25.9. The summed E-state index contributed by atoms with van der Waals surface area (Å²) >= 11 is 0. The average molecular weight is 504 g/mol. The van der Waals surface area contributed by atoms with Crippen LogP contribution in [0.4, 0.5) is 5.69 Å². The van der Waals surface area contributed by atoms with E-state index in [1.165, 1.54) is 18.3 Å². The molecule has 5 rings (SSSR count). The number of H-pyrrole nitrogens is 1. The number of para-hydroxylation sites is 1. The summed E-state index contributed by atoms with van der Waals surface area (Å²) in [5, 5.41) is 16.1. The second-order valence-corrected chi connectivity index (χ2v) is 7.87. The first-order valence-electron chi connectivity index (χ1n) is 11.2. The Morgan fingerprint density at radius 2 is 1.92 bits per heavy atom. The Kier molecular flexibility index (Phi) is 6.29. The van der Waals surface area contributed by atoms with Gasteiger partial charge in [0.05, 0.1) is 28.6 Å². The highest BCUT2D eigenvalue weighted by molar-refractivity contribution is 5.83. The van der Waals surface area contributed by atoms with E-state index in [2.05, 4.69) is 10.1 Å². The molecule has 188 valence electrons. The highest BCUT2D eigenvalue weighted by Gasteiger charge is 2.23. The number of benzene rings is 3. The average Bonchev–Trinajstić information content (AvgIpc) is 3.36. The molecule has 2 heterocycles. The summed E-state index contributed by atoms with van der Waals surface area (Å²) in [6.07, 6.45) is 1.17. The first kappa shape index (κ1) is 23.6. The van der Waals surface area contributed by atoms with Crippen molar-refractivity contribution in [3.63, 3.8) is 0 Å². The second-order valence-electron chi connectivity index (χ2n) is 7.87. The lowest BCUT2D eigenvalue weighted by molar-refractivity contribution is -0.386. The molecular formula is C25H20N4O8. The normalized spacial score (nSPS) is 12.2. The van der Waals surface area contributed by atoms with E-state index in [1.54, 1.807) is 49.4 Å². The minimum absolute atomic E-state index is 0.00680. The smallest absolute Gasteiger partial charge is 0.349 e. The molecule has 0 aliphatic carbocycles. The summed E-state index contributed by atoms with van der Waals surface area (Å²) in [6.45, 7) is 2.07. The monoisotopic (exact) mass is 504 g/mol. The standard InChI is InChI=1S/C25H20N4O8/c1-2-34-22-11-16(12-26-28-24(30)17-5-3-4-6-18(17)27-25(28)31)9-19(29(32)33)23(22)35-13-15-7-8-20-21(10-15)37-14-36-20/h3-12H,2,13-14H2,1H3,(H,27,31). The number of nitrogens with zero attached hydrogens (tertiary/aromatic N) is 3. The van der Waals surface area contributed by atoms with Gasteiger partial charge in [-0.15, -0.1) is 4.68 Å². The van der Waals surface area contributed by atoms with Crippen molar-refractivity contribution < 1.29 is 23.9 Å². The molecule has 3 aromatic carbocycles. The number of rotatable bonds is 8. The van der Waals surface area contributed by atoms with E-state index in [4.69, 9.17) is 18.9 Å². The Hall–Kier alpha value is -5.13. The van der Waals surface area contributed by atoms with Crippen LogP contribution in [0.1, 0.15) is 18.1 Å². The number of hydrogen-bond acceptors (Lipinski definition) is 9. The van der Waals surface area contributed by atoms with Gasteiger partial charge >= 0.3 is 11.4 Å². The predicted octanol–water partition coefficient (Wildman–Crippen LogP) is 3.19. The van der Waals surface area contributed by atoms with Gasteiger partial charge < -0.3 is 23.9 Å². The van der Waals surface area contributed by atoms with Crippen LogP contribution in [0.5, 0.6) is 23.0 Å². The number of ether oxygens (including phenoxy) is 4. The zero-order valence-corrected chi connectivity index (χ0v) is 19.5. The van der Waals surface area contributed by atoms with Crippen LogP contribution in [0.25, 0.3) is 10.9 Å². The molecule has 0 amide bonds. The van der Waals surface area contributed by atoms with Crippen LogP contribution >= 0.6 is 0 Å². The van der Waals surface area contributed by atoms with Crippen molar-refractivity contribution in [2.45, 2.75) is 13.5 Å². The van der Waals surface area contributed by atoms with E-state index in [0.717, 1.165) is 0 Å². The lowest BCUT2D eigenvalue weighted by Gasteiger charge is -2.13. The highest BCUT2D eigenvalue weighted by atomic mass is 16.7. The summed E-state index contributed by atoms with van der Waals surface area (Å²) in [6, 6.07) is 14.4. The molecule has 0 saturated carbocycles. The van der Waals surface area contributed by atoms with Gasteiger partial charge in [-0.1, -0.05) is 18.2 Å². The topological polar surface area (TPSA) is 147 Å². The fraction of sp³-hybridized carbons (Fsp3) is 0.160. The van der Waals surface area contributed by atoms with E-state index in [0.29, 0.717) is 27.3 Å². The number of fused-ring (bicyclic) bond motifs is 2. The number of nitrogens with one attached hydrogen (secondary N) is 1. The van der Waals surface area contributed by atoms with E-state index in [-0.39, 0.29) is 48.1 Å². The van der Waals surface area contributed by atoms with Crippen molar-refractivity contribution >= 4 is 22.8 Å². The number of aromatic nitrogens is 2. The summed E-state index contributed by atoms with van der Waals surface area (Å²) in [7, 11) is 0. The molecule has 12 nitrogen and oxygen atoms in total. The van der Waals surface area contributed by atoms with Gasteiger partial charge in [-0.2, -0.15) is 5.10 Å².